The minimum atomic E-state index is 0.264. The van der Waals surface area contributed by atoms with Crippen molar-refractivity contribution in [3.8, 4) is 0 Å². The number of hydrogen-bond donors (Lipinski definition) is 2. The summed E-state index contributed by atoms with van der Waals surface area (Å²) in [5.41, 5.74) is 0.432. The fraction of sp³-hybridized carbons (Fsp3) is 1.00. The maximum atomic E-state index is 9.02. The Balaban J connectivity index is 2.37. The predicted molar refractivity (Wildman–Crippen MR) is 68.6 cm³/mol. The molecule has 16 heavy (non-hydrogen) atoms. The molecular formula is C13H28N2O. The second-order valence-corrected chi connectivity index (χ2v) is 5.89. The highest BCUT2D eigenvalue weighted by Crippen LogP contribution is 2.31. The van der Waals surface area contributed by atoms with Crippen molar-refractivity contribution in [2.45, 2.75) is 52.6 Å². The molecule has 0 aliphatic carbocycles. The van der Waals surface area contributed by atoms with Gasteiger partial charge in [-0.1, -0.05) is 13.8 Å². The van der Waals surface area contributed by atoms with E-state index >= 15 is 0 Å². The summed E-state index contributed by atoms with van der Waals surface area (Å²) in [4.78, 5) is 2.36. The van der Waals surface area contributed by atoms with Gasteiger partial charge in [0.2, 0.25) is 0 Å². The molecule has 1 rings (SSSR count). The highest BCUT2D eigenvalue weighted by atomic mass is 16.3. The molecule has 96 valence electrons. The van der Waals surface area contributed by atoms with Crippen molar-refractivity contribution in [1.82, 2.24) is 10.2 Å². The standard InChI is InChI=1S/C13H28N2O/c1-11(2)15(9-10-16)8-5-12-13(3,4)6-7-14-12/h11-12,14,16H,5-10H2,1-4H3. The first-order valence-electron chi connectivity index (χ1n) is 6.55. The highest BCUT2D eigenvalue weighted by Gasteiger charge is 2.33. The van der Waals surface area contributed by atoms with Gasteiger partial charge < -0.3 is 10.4 Å². The van der Waals surface area contributed by atoms with Crippen molar-refractivity contribution < 1.29 is 5.11 Å². The third-order valence-electron chi connectivity index (χ3n) is 3.93. The average Bonchev–Trinajstić information content (AvgIpc) is 2.52. The summed E-state index contributed by atoms with van der Waals surface area (Å²) >= 11 is 0. The Hall–Kier alpha value is -0.120. The Kier molecular flexibility index (Phi) is 5.22. The molecular weight excluding hydrogens is 200 g/mol. The Bertz CT molecular complexity index is 204. The van der Waals surface area contributed by atoms with E-state index in [1.54, 1.807) is 0 Å². The van der Waals surface area contributed by atoms with Gasteiger partial charge in [-0.15, -0.1) is 0 Å². The van der Waals surface area contributed by atoms with Crippen molar-refractivity contribution in [2.24, 2.45) is 5.41 Å². The molecule has 0 amide bonds. The van der Waals surface area contributed by atoms with Crippen molar-refractivity contribution >= 4 is 0 Å². The molecule has 0 bridgehead atoms. The van der Waals surface area contributed by atoms with Gasteiger partial charge in [-0.05, 0) is 45.2 Å². The lowest BCUT2D eigenvalue weighted by atomic mass is 9.83. The zero-order valence-corrected chi connectivity index (χ0v) is 11.3. The molecule has 0 aromatic heterocycles. The van der Waals surface area contributed by atoms with Gasteiger partial charge in [0.15, 0.2) is 0 Å². The molecule has 0 aromatic rings. The number of nitrogens with one attached hydrogen (secondary N) is 1. The monoisotopic (exact) mass is 228 g/mol. The molecule has 0 saturated carbocycles. The van der Waals surface area contributed by atoms with Gasteiger partial charge in [0.25, 0.3) is 0 Å². The first-order valence-corrected chi connectivity index (χ1v) is 6.55. The number of nitrogens with zero attached hydrogens (tertiary/aromatic N) is 1. The lowest BCUT2D eigenvalue weighted by molar-refractivity contribution is 0.152. The third kappa shape index (κ3) is 3.72. The lowest BCUT2D eigenvalue weighted by Gasteiger charge is -2.31. The molecule has 3 nitrogen and oxygen atoms in total. The molecule has 1 aliphatic rings. The fourth-order valence-corrected chi connectivity index (χ4v) is 2.56. The Labute approximate surface area is 100 Å². The number of rotatable bonds is 6. The van der Waals surface area contributed by atoms with Crippen LogP contribution >= 0.6 is 0 Å². The van der Waals surface area contributed by atoms with Crippen LogP contribution in [-0.4, -0.2) is 48.3 Å². The second kappa shape index (κ2) is 5.99. The minimum Gasteiger partial charge on any atom is -0.395 e. The highest BCUT2D eigenvalue weighted by molar-refractivity contribution is 4.91. The normalized spacial score (nSPS) is 24.6. The molecule has 1 heterocycles. The Morgan fingerprint density at radius 3 is 2.50 bits per heavy atom. The van der Waals surface area contributed by atoms with Gasteiger partial charge in [0.05, 0.1) is 6.61 Å². The van der Waals surface area contributed by atoms with E-state index in [2.05, 4.69) is 37.9 Å². The Morgan fingerprint density at radius 2 is 2.06 bits per heavy atom. The molecule has 3 heteroatoms. The van der Waals surface area contributed by atoms with E-state index in [1.807, 2.05) is 0 Å². The zero-order chi connectivity index (χ0) is 12.2. The van der Waals surface area contributed by atoms with E-state index in [0.717, 1.165) is 19.6 Å². The molecule has 2 N–H and O–H groups in total. The summed E-state index contributed by atoms with van der Waals surface area (Å²) in [6.45, 7) is 12.4. The van der Waals surface area contributed by atoms with Crippen molar-refractivity contribution in [3.05, 3.63) is 0 Å². The van der Waals surface area contributed by atoms with E-state index in [4.69, 9.17) is 5.11 Å². The van der Waals surface area contributed by atoms with Gasteiger partial charge in [-0.3, -0.25) is 4.90 Å². The number of aliphatic hydroxyl groups is 1. The summed E-state index contributed by atoms with van der Waals surface area (Å²) in [6, 6.07) is 1.16. The van der Waals surface area contributed by atoms with Gasteiger partial charge >= 0.3 is 0 Å². The molecule has 1 atom stereocenters. The van der Waals surface area contributed by atoms with E-state index in [9.17, 15) is 0 Å². The van der Waals surface area contributed by atoms with Crippen LogP contribution in [0.5, 0.6) is 0 Å². The minimum absolute atomic E-state index is 0.264. The van der Waals surface area contributed by atoms with E-state index in [0.29, 0.717) is 17.5 Å². The van der Waals surface area contributed by atoms with Crippen LogP contribution in [-0.2, 0) is 0 Å². The third-order valence-corrected chi connectivity index (χ3v) is 3.93. The van der Waals surface area contributed by atoms with Crippen molar-refractivity contribution in [1.29, 1.82) is 0 Å². The van der Waals surface area contributed by atoms with Crippen LogP contribution in [0.25, 0.3) is 0 Å². The van der Waals surface area contributed by atoms with E-state index < -0.39 is 0 Å². The molecule has 0 aromatic carbocycles. The predicted octanol–water partition coefficient (Wildman–Crippen LogP) is 1.47. The Morgan fingerprint density at radius 1 is 1.38 bits per heavy atom. The first-order chi connectivity index (χ1) is 7.47. The van der Waals surface area contributed by atoms with Crippen LogP contribution < -0.4 is 5.32 Å². The molecule has 1 fully saturated rings. The number of aliphatic hydroxyl groups excluding tert-OH is 1. The molecule has 0 spiro atoms. The smallest absolute Gasteiger partial charge is 0.0558 e. The molecule has 1 unspecified atom stereocenters. The quantitative estimate of drug-likeness (QED) is 0.722. The summed E-state index contributed by atoms with van der Waals surface area (Å²) in [6.07, 6.45) is 2.46. The first kappa shape index (κ1) is 13.9. The van der Waals surface area contributed by atoms with Crippen LogP contribution in [0.15, 0.2) is 0 Å². The maximum Gasteiger partial charge on any atom is 0.0558 e. The van der Waals surface area contributed by atoms with Gasteiger partial charge in [-0.25, -0.2) is 0 Å². The maximum absolute atomic E-state index is 9.02. The molecule has 1 saturated heterocycles. The van der Waals surface area contributed by atoms with Crippen LogP contribution in [0.1, 0.15) is 40.5 Å². The van der Waals surface area contributed by atoms with Gasteiger partial charge in [0, 0.05) is 18.6 Å². The van der Waals surface area contributed by atoms with Crippen LogP contribution in [0, 0.1) is 5.41 Å². The van der Waals surface area contributed by atoms with Crippen LogP contribution in [0.3, 0.4) is 0 Å². The average molecular weight is 228 g/mol. The molecule has 0 radical (unpaired) electrons. The lowest BCUT2D eigenvalue weighted by Crippen LogP contribution is -2.40. The fourth-order valence-electron chi connectivity index (χ4n) is 2.56. The van der Waals surface area contributed by atoms with E-state index in [-0.39, 0.29) is 6.61 Å². The van der Waals surface area contributed by atoms with Crippen LogP contribution in [0.2, 0.25) is 0 Å². The summed E-state index contributed by atoms with van der Waals surface area (Å²) in [7, 11) is 0. The van der Waals surface area contributed by atoms with Gasteiger partial charge in [0.1, 0.15) is 0 Å². The molecule has 1 aliphatic heterocycles. The largest absolute Gasteiger partial charge is 0.395 e. The SMILES string of the molecule is CC(C)N(CCO)CCC1NCCC1(C)C. The summed E-state index contributed by atoms with van der Waals surface area (Å²) in [5.74, 6) is 0. The zero-order valence-electron chi connectivity index (χ0n) is 11.3. The van der Waals surface area contributed by atoms with E-state index in [1.165, 1.54) is 12.8 Å². The van der Waals surface area contributed by atoms with Crippen molar-refractivity contribution in [2.75, 3.05) is 26.2 Å². The summed E-state index contributed by atoms with van der Waals surface area (Å²) in [5, 5.41) is 12.6. The summed E-state index contributed by atoms with van der Waals surface area (Å²) < 4.78 is 0. The van der Waals surface area contributed by atoms with Gasteiger partial charge in [-0.2, -0.15) is 0 Å². The topological polar surface area (TPSA) is 35.5 Å². The second-order valence-electron chi connectivity index (χ2n) is 5.89. The van der Waals surface area contributed by atoms with Crippen LogP contribution in [0.4, 0.5) is 0 Å². The number of hydrogen-bond acceptors (Lipinski definition) is 3. The van der Waals surface area contributed by atoms with Crippen molar-refractivity contribution in [3.63, 3.8) is 0 Å².